The molecule has 1 heterocycles. The standard InChI is InChI=1S/C13H13BrClNO2/c1-7-4-8(14)10(5-9(7)15)16-11(17)6-13(2,3)12(16)18/h4-5H,6H2,1-3H3. The van der Waals surface area contributed by atoms with Crippen LogP contribution in [0.25, 0.3) is 0 Å². The number of halogens is 2. The van der Waals surface area contributed by atoms with E-state index in [1.165, 1.54) is 4.90 Å². The number of carbonyl (C=O) groups excluding carboxylic acids is 2. The van der Waals surface area contributed by atoms with Gasteiger partial charge in [0.25, 0.3) is 0 Å². The molecule has 0 unspecified atom stereocenters. The van der Waals surface area contributed by atoms with E-state index in [0.717, 1.165) is 5.56 Å². The topological polar surface area (TPSA) is 37.4 Å². The summed E-state index contributed by atoms with van der Waals surface area (Å²) in [7, 11) is 0. The highest BCUT2D eigenvalue weighted by molar-refractivity contribution is 9.10. The van der Waals surface area contributed by atoms with Crippen LogP contribution >= 0.6 is 27.5 Å². The molecule has 1 aromatic carbocycles. The molecule has 1 saturated heterocycles. The van der Waals surface area contributed by atoms with E-state index in [9.17, 15) is 9.59 Å². The molecule has 1 aromatic rings. The number of imide groups is 1. The average molecular weight is 331 g/mol. The van der Waals surface area contributed by atoms with Gasteiger partial charge in [-0.1, -0.05) is 25.4 Å². The highest BCUT2D eigenvalue weighted by atomic mass is 79.9. The highest BCUT2D eigenvalue weighted by Crippen LogP contribution is 2.39. The first-order valence-electron chi connectivity index (χ1n) is 5.57. The molecule has 2 rings (SSSR count). The number of anilines is 1. The van der Waals surface area contributed by atoms with E-state index in [0.29, 0.717) is 15.2 Å². The van der Waals surface area contributed by atoms with Gasteiger partial charge in [0.1, 0.15) is 0 Å². The third kappa shape index (κ3) is 2.08. The van der Waals surface area contributed by atoms with Crippen molar-refractivity contribution in [2.24, 2.45) is 5.41 Å². The molecule has 1 aliphatic heterocycles. The van der Waals surface area contributed by atoms with Crippen LogP contribution in [0.4, 0.5) is 5.69 Å². The minimum atomic E-state index is -0.645. The third-order valence-corrected chi connectivity index (χ3v) is 4.14. The fourth-order valence-electron chi connectivity index (χ4n) is 2.00. The van der Waals surface area contributed by atoms with Gasteiger partial charge < -0.3 is 0 Å². The maximum Gasteiger partial charge on any atom is 0.239 e. The smallest absolute Gasteiger partial charge is 0.239 e. The Hall–Kier alpha value is -0.870. The molecule has 0 bridgehead atoms. The monoisotopic (exact) mass is 329 g/mol. The number of aryl methyl sites for hydroxylation is 1. The maximum atomic E-state index is 12.2. The Balaban J connectivity index is 2.53. The second-order valence-corrected chi connectivity index (χ2v) is 6.41. The summed E-state index contributed by atoms with van der Waals surface area (Å²) < 4.78 is 0.698. The molecule has 1 fully saturated rings. The molecule has 5 heteroatoms. The molecule has 0 spiro atoms. The van der Waals surface area contributed by atoms with Gasteiger partial charge in [0.15, 0.2) is 0 Å². The summed E-state index contributed by atoms with van der Waals surface area (Å²) in [5.74, 6) is -0.376. The van der Waals surface area contributed by atoms with E-state index in [1.807, 2.05) is 13.0 Å². The lowest BCUT2D eigenvalue weighted by molar-refractivity contribution is -0.124. The first kappa shape index (κ1) is 13.6. The Kier molecular flexibility index (Phi) is 3.28. The summed E-state index contributed by atoms with van der Waals surface area (Å²) in [5, 5.41) is 0.540. The van der Waals surface area contributed by atoms with Crippen LogP contribution in [0.3, 0.4) is 0 Å². The number of amides is 2. The molecule has 3 nitrogen and oxygen atoms in total. The average Bonchev–Trinajstić information content (AvgIpc) is 2.43. The number of benzene rings is 1. The van der Waals surface area contributed by atoms with Crippen molar-refractivity contribution in [3.8, 4) is 0 Å². The molecule has 0 atom stereocenters. The van der Waals surface area contributed by atoms with Crippen LogP contribution in [-0.2, 0) is 9.59 Å². The van der Waals surface area contributed by atoms with Crippen LogP contribution in [-0.4, -0.2) is 11.8 Å². The lowest BCUT2D eigenvalue weighted by Gasteiger charge is -2.19. The molecule has 0 radical (unpaired) electrons. The molecule has 1 aliphatic rings. The number of rotatable bonds is 1. The quantitative estimate of drug-likeness (QED) is 0.736. The molecule has 0 aromatic heterocycles. The zero-order valence-corrected chi connectivity index (χ0v) is 12.7. The Labute approximate surface area is 119 Å². The van der Waals surface area contributed by atoms with Crippen molar-refractivity contribution >= 4 is 45.0 Å². The van der Waals surface area contributed by atoms with Crippen LogP contribution in [0.15, 0.2) is 16.6 Å². The van der Waals surface area contributed by atoms with Gasteiger partial charge in [-0.3, -0.25) is 9.59 Å². The summed E-state index contributed by atoms with van der Waals surface area (Å²) in [6.07, 6.45) is 0.226. The van der Waals surface area contributed by atoms with Crippen LogP contribution in [0.2, 0.25) is 5.02 Å². The van der Waals surface area contributed by atoms with Crippen molar-refractivity contribution in [2.75, 3.05) is 4.90 Å². The summed E-state index contributed by atoms with van der Waals surface area (Å²) in [6.45, 7) is 5.42. The Bertz CT molecular complexity index is 554. The highest BCUT2D eigenvalue weighted by Gasteiger charge is 2.46. The van der Waals surface area contributed by atoms with E-state index in [1.54, 1.807) is 19.9 Å². The SMILES string of the molecule is Cc1cc(Br)c(N2C(=O)CC(C)(C)C2=O)cc1Cl. The molecule has 0 aliphatic carbocycles. The molecule has 96 valence electrons. The van der Waals surface area contributed by atoms with Crippen LogP contribution < -0.4 is 4.90 Å². The molecule has 0 saturated carbocycles. The van der Waals surface area contributed by atoms with Crippen molar-refractivity contribution < 1.29 is 9.59 Å². The van der Waals surface area contributed by atoms with Gasteiger partial charge >= 0.3 is 0 Å². The number of hydrogen-bond acceptors (Lipinski definition) is 2. The van der Waals surface area contributed by atoms with Gasteiger partial charge in [0.2, 0.25) is 11.8 Å². The van der Waals surface area contributed by atoms with Crippen molar-refractivity contribution in [3.63, 3.8) is 0 Å². The van der Waals surface area contributed by atoms with E-state index < -0.39 is 5.41 Å². The second kappa shape index (κ2) is 4.35. The normalized spacial score (nSPS) is 18.6. The maximum absolute atomic E-state index is 12.2. The fraction of sp³-hybridized carbons (Fsp3) is 0.385. The zero-order chi connectivity index (χ0) is 13.7. The third-order valence-electron chi connectivity index (χ3n) is 3.09. The van der Waals surface area contributed by atoms with Crippen molar-refractivity contribution in [1.29, 1.82) is 0 Å². The largest absolute Gasteiger partial charge is 0.274 e. The Morgan fingerprint density at radius 2 is 1.94 bits per heavy atom. The van der Waals surface area contributed by atoms with E-state index in [-0.39, 0.29) is 18.2 Å². The Morgan fingerprint density at radius 3 is 2.44 bits per heavy atom. The lowest BCUT2D eigenvalue weighted by atomic mass is 9.92. The second-order valence-electron chi connectivity index (χ2n) is 5.15. The minimum Gasteiger partial charge on any atom is -0.274 e. The first-order chi connectivity index (χ1) is 8.24. The summed E-state index contributed by atoms with van der Waals surface area (Å²) in [6, 6.07) is 3.46. The Morgan fingerprint density at radius 1 is 1.33 bits per heavy atom. The predicted molar refractivity (Wildman–Crippen MR) is 74.8 cm³/mol. The van der Waals surface area contributed by atoms with Crippen molar-refractivity contribution in [3.05, 3.63) is 27.2 Å². The van der Waals surface area contributed by atoms with E-state index in [2.05, 4.69) is 15.9 Å². The summed E-state index contributed by atoms with van der Waals surface area (Å²) in [5.41, 5.74) is 0.769. The molecular formula is C13H13BrClNO2. The van der Waals surface area contributed by atoms with Gasteiger partial charge in [0, 0.05) is 15.9 Å². The van der Waals surface area contributed by atoms with Crippen LogP contribution in [0, 0.1) is 12.3 Å². The first-order valence-corrected chi connectivity index (χ1v) is 6.74. The molecule has 0 N–H and O–H groups in total. The van der Waals surface area contributed by atoms with Gasteiger partial charge in [0.05, 0.1) is 11.1 Å². The van der Waals surface area contributed by atoms with Crippen LogP contribution in [0.1, 0.15) is 25.8 Å². The molecule has 18 heavy (non-hydrogen) atoms. The van der Waals surface area contributed by atoms with Crippen LogP contribution in [0.5, 0.6) is 0 Å². The number of hydrogen-bond donors (Lipinski definition) is 0. The summed E-state index contributed by atoms with van der Waals surface area (Å²) >= 11 is 9.44. The fourth-order valence-corrected chi connectivity index (χ4v) is 2.79. The van der Waals surface area contributed by atoms with Gasteiger partial charge in [-0.15, -0.1) is 0 Å². The molecule has 2 amide bonds. The van der Waals surface area contributed by atoms with Crippen molar-refractivity contribution in [1.82, 2.24) is 0 Å². The summed E-state index contributed by atoms with van der Waals surface area (Å²) in [4.78, 5) is 25.4. The van der Waals surface area contributed by atoms with Gasteiger partial charge in [-0.25, -0.2) is 4.90 Å². The van der Waals surface area contributed by atoms with Gasteiger partial charge in [-0.2, -0.15) is 0 Å². The van der Waals surface area contributed by atoms with E-state index in [4.69, 9.17) is 11.6 Å². The van der Waals surface area contributed by atoms with Gasteiger partial charge in [-0.05, 0) is 40.5 Å². The van der Waals surface area contributed by atoms with Crippen molar-refractivity contribution in [2.45, 2.75) is 27.2 Å². The zero-order valence-electron chi connectivity index (χ0n) is 10.4. The molecular weight excluding hydrogens is 318 g/mol. The number of carbonyl (C=O) groups is 2. The van der Waals surface area contributed by atoms with E-state index >= 15 is 0 Å². The minimum absolute atomic E-state index is 0.187. The lowest BCUT2D eigenvalue weighted by Crippen LogP contribution is -2.33. The predicted octanol–water partition coefficient (Wildman–Crippen LogP) is 3.70. The number of nitrogens with zero attached hydrogens (tertiary/aromatic N) is 1.